The molecule has 180 valence electrons. The summed E-state index contributed by atoms with van der Waals surface area (Å²) in [5.74, 6) is -1.90. The Labute approximate surface area is 198 Å². The van der Waals surface area contributed by atoms with Gasteiger partial charge in [-0.15, -0.1) is 0 Å². The number of carbonyl (C=O) groups is 3. The molecule has 2 aromatic carbocycles. The Morgan fingerprint density at radius 2 is 1.97 bits per heavy atom. The van der Waals surface area contributed by atoms with Crippen LogP contribution in [-0.4, -0.2) is 70.3 Å². The molecule has 5 rings (SSSR count). The third kappa shape index (κ3) is 4.20. The summed E-state index contributed by atoms with van der Waals surface area (Å²) < 4.78 is 9.92. The Morgan fingerprint density at radius 1 is 1.20 bits per heavy atom. The van der Waals surface area contributed by atoms with Gasteiger partial charge in [-0.1, -0.05) is 5.16 Å². The summed E-state index contributed by atoms with van der Waals surface area (Å²) >= 11 is 0. The van der Waals surface area contributed by atoms with E-state index in [1.807, 2.05) is 0 Å². The van der Waals surface area contributed by atoms with E-state index in [0.717, 1.165) is 5.56 Å². The molecule has 35 heavy (non-hydrogen) atoms. The zero-order chi connectivity index (χ0) is 24.7. The van der Waals surface area contributed by atoms with Gasteiger partial charge in [0, 0.05) is 42.6 Å². The third-order valence-electron chi connectivity index (χ3n) is 5.93. The number of hydrogen-bond acceptors (Lipinski definition) is 8. The minimum atomic E-state index is -1.75. The first-order valence-electron chi connectivity index (χ1n) is 10.8. The van der Waals surface area contributed by atoms with Crippen LogP contribution in [0, 0.1) is 0 Å². The Kier molecular flexibility index (Phi) is 5.67. The summed E-state index contributed by atoms with van der Waals surface area (Å²) in [4.78, 5) is 54.4. The summed E-state index contributed by atoms with van der Waals surface area (Å²) in [6.45, 7) is 0.819. The van der Waals surface area contributed by atoms with Crippen molar-refractivity contribution >= 4 is 29.1 Å². The molecule has 2 aliphatic heterocycles. The fourth-order valence-corrected chi connectivity index (χ4v) is 4.13. The molecule has 0 bridgehead atoms. The van der Waals surface area contributed by atoms with E-state index in [0.29, 0.717) is 29.0 Å². The molecule has 1 saturated heterocycles. The predicted octanol–water partition coefficient (Wildman–Crippen LogP) is 0.347. The molecule has 0 aliphatic carbocycles. The quantitative estimate of drug-likeness (QED) is 0.473. The second-order valence-electron chi connectivity index (χ2n) is 8.24. The van der Waals surface area contributed by atoms with Crippen LogP contribution in [-0.2, 0) is 20.9 Å². The molecular weight excluding hydrogens is 458 g/mol. The number of amides is 3. The summed E-state index contributed by atoms with van der Waals surface area (Å²) in [5.41, 5.74) is 2.88. The van der Waals surface area contributed by atoms with Crippen molar-refractivity contribution in [3.05, 3.63) is 64.1 Å². The van der Waals surface area contributed by atoms with Gasteiger partial charge in [-0.3, -0.25) is 23.9 Å². The number of fused-ring (bicyclic) bond motifs is 1. The first kappa shape index (κ1) is 22.5. The van der Waals surface area contributed by atoms with Gasteiger partial charge in [-0.25, -0.2) is 4.79 Å². The standard InChI is InChI=1S/C23H21N5O7/c1-27-11-13-10-15(6-7-16(13)21(27)31)28-8-9-34-18(22(28)32)17(29)20(30)24-14-4-2-12(3-5-14)19-25-23(33)35-26-19/h2-7,10,17-18,29H,8-9,11H2,1H3,(H,24,30)(H,25,26,33)/t17-,18-/m1/s1. The molecule has 0 spiro atoms. The molecule has 3 heterocycles. The fraction of sp³-hybridized carbons (Fsp3) is 0.261. The first-order chi connectivity index (χ1) is 16.8. The van der Waals surface area contributed by atoms with Crippen molar-refractivity contribution in [1.82, 2.24) is 15.0 Å². The van der Waals surface area contributed by atoms with Gasteiger partial charge < -0.3 is 25.0 Å². The van der Waals surface area contributed by atoms with Crippen molar-refractivity contribution in [1.29, 1.82) is 0 Å². The Bertz CT molecular complexity index is 1360. The van der Waals surface area contributed by atoms with Gasteiger partial charge in [0.1, 0.15) is 0 Å². The lowest BCUT2D eigenvalue weighted by Crippen LogP contribution is -2.55. The average Bonchev–Trinajstić information content (AvgIpc) is 3.41. The van der Waals surface area contributed by atoms with Crippen molar-refractivity contribution in [2.24, 2.45) is 0 Å². The van der Waals surface area contributed by atoms with E-state index >= 15 is 0 Å². The number of nitrogens with zero attached hydrogens (tertiary/aromatic N) is 3. The summed E-state index contributed by atoms with van der Waals surface area (Å²) in [6, 6.07) is 11.4. The van der Waals surface area contributed by atoms with Crippen molar-refractivity contribution in [3.8, 4) is 11.4 Å². The lowest BCUT2D eigenvalue weighted by molar-refractivity contribution is -0.150. The molecule has 12 nitrogen and oxygen atoms in total. The zero-order valence-electron chi connectivity index (χ0n) is 18.6. The number of benzene rings is 2. The van der Waals surface area contributed by atoms with E-state index in [2.05, 4.69) is 20.0 Å². The van der Waals surface area contributed by atoms with E-state index in [9.17, 15) is 24.3 Å². The van der Waals surface area contributed by atoms with Crippen LogP contribution in [0.5, 0.6) is 0 Å². The minimum absolute atomic E-state index is 0.0767. The van der Waals surface area contributed by atoms with E-state index in [-0.39, 0.29) is 24.9 Å². The molecule has 1 fully saturated rings. The highest BCUT2D eigenvalue weighted by Gasteiger charge is 2.39. The van der Waals surface area contributed by atoms with Crippen molar-refractivity contribution in [2.45, 2.75) is 18.8 Å². The van der Waals surface area contributed by atoms with Gasteiger partial charge in [0.25, 0.3) is 17.7 Å². The van der Waals surface area contributed by atoms with Crippen LogP contribution in [0.2, 0.25) is 0 Å². The van der Waals surface area contributed by atoms with Gasteiger partial charge in [0.2, 0.25) is 0 Å². The van der Waals surface area contributed by atoms with Crippen LogP contribution in [0.1, 0.15) is 15.9 Å². The molecule has 3 aromatic rings. The van der Waals surface area contributed by atoms with Crippen molar-refractivity contribution in [3.63, 3.8) is 0 Å². The number of aliphatic hydroxyl groups excluding tert-OH is 1. The van der Waals surface area contributed by atoms with Crippen LogP contribution in [0.25, 0.3) is 11.4 Å². The normalized spacial score (nSPS) is 18.5. The maximum atomic E-state index is 13.1. The van der Waals surface area contributed by atoms with Crippen LogP contribution in [0.3, 0.4) is 0 Å². The van der Waals surface area contributed by atoms with E-state index in [1.165, 1.54) is 4.90 Å². The number of aliphatic hydroxyl groups is 1. The number of ether oxygens (including phenoxy) is 1. The van der Waals surface area contributed by atoms with Gasteiger partial charge >= 0.3 is 5.76 Å². The molecule has 2 aliphatic rings. The third-order valence-corrected chi connectivity index (χ3v) is 5.93. The number of aromatic amines is 1. The highest BCUT2D eigenvalue weighted by Crippen LogP contribution is 2.28. The Balaban J connectivity index is 1.27. The molecule has 0 unspecified atom stereocenters. The molecule has 1 aromatic heterocycles. The number of H-pyrrole nitrogens is 1. The van der Waals surface area contributed by atoms with Gasteiger partial charge in [0.05, 0.1) is 6.61 Å². The molecule has 0 radical (unpaired) electrons. The molecular formula is C23H21N5O7. The predicted molar refractivity (Wildman–Crippen MR) is 122 cm³/mol. The second-order valence-corrected chi connectivity index (χ2v) is 8.24. The lowest BCUT2D eigenvalue weighted by Gasteiger charge is -2.34. The summed E-state index contributed by atoms with van der Waals surface area (Å²) in [7, 11) is 1.70. The lowest BCUT2D eigenvalue weighted by atomic mass is 10.1. The Morgan fingerprint density at radius 3 is 2.69 bits per heavy atom. The number of anilines is 2. The van der Waals surface area contributed by atoms with E-state index < -0.39 is 29.8 Å². The van der Waals surface area contributed by atoms with Crippen molar-refractivity contribution in [2.75, 3.05) is 30.4 Å². The largest absolute Gasteiger partial charge is 0.439 e. The van der Waals surface area contributed by atoms with Crippen LogP contribution in [0.15, 0.2) is 51.8 Å². The minimum Gasteiger partial charge on any atom is -0.380 e. The maximum Gasteiger partial charge on any atom is 0.439 e. The number of nitrogens with one attached hydrogen (secondary N) is 2. The highest BCUT2D eigenvalue weighted by molar-refractivity contribution is 6.04. The molecule has 2 atom stereocenters. The Hall–Kier alpha value is -4.29. The SMILES string of the molecule is CN1Cc2cc(N3CCO[C@H]([C@@H](O)C(=O)Nc4ccc(-c5noc(=O)[nH]5)cc4)C3=O)ccc2C1=O. The molecule has 12 heteroatoms. The second kappa shape index (κ2) is 8.81. The maximum absolute atomic E-state index is 13.1. The topological polar surface area (TPSA) is 158 Å². The first-order valence-corrected chi connectivity index (χ1v) is 10.8. The molecule has 0 saturated carbocycles. The number of hydrogen-bond donors (Lipinski definition) is 3. The number of aromatic nitrogens is 2. The van der Waals surface area contributed by atoms with E-state index in [1.54, 1.807) is 54.4 Å². The number of rotatable bonds is 5. The smallest absolute Gasteiger partial charge is 0.380 e. The summed E-state index contributed by atoms with van der Waals surface area (Å²) in [5, 5.41) is 16.7. The van der Waals surface area contributed by atoms with E-state index in [4.69, 9.17) is 4.74 Å². The van der Waals surface area contributed by atoms with Gasteiger partial charge in [-0.05, 0) is 48.0 Å². The summed E-state index contributed by atoms with van der Waals surface area (Å²) in [6.07, 6.45) is -3.14. The van der Waals surface area contributed by atoms with Crippen LogP contribution < -0.4 is 16.0 Å². The fourth-order valence-electron chi connectivity index (χ4n) is 4.13. The number of morpholine rings is 1. The van der Waals surface area contributed by atoms with Crippen molar-refractivity contribution < 1.29 is 28.8 Å². The van der Waals surface area contributed by atoms with Crippen LogP contribution in [0.4, 0.5) is 11.4 Å². The van der Waals surface area contributed by atoms with Gasteiger partial charge in [-0.2, -0.15) is 0 Å². The monoisotopic (exact) mass is 479 g/mol. The van der Waals surface area contributed by atoms with Crippen LogP contribution >= 0.6 is 0 Å². The number of carbonyl (C=O) groups excluding carboxylic acids is 3. The van der Waals surface area contributed by atoms with Gasteiger partial charge in [0.15, 0.2) is 18.0 Å². The average molecular weight is 479 g/mol. The molecule has 3 N–H and O–H groups in total. The highest BCUT2D eigenvalue weighted by atomic mass is 16.5. The molecule has 3 amide bonds. The zero-order valence-corrected chi connectivity index (χ0v) is 18.6.